The molecule has 2 heterocycles. The van der Waals surface area contributed by atoms with Crippen LogP contribution in [0.3, 0.4) is 0 Å². The molecule has 1 aromatic heterocycles. The zero-order valence-corrected chi connectivity index (χ0v) is 17.1. The third-order valence-corrected chi connectivity index (χ3v) is 5.86. The van der Waals surface area contributed by atoms with Gasteiger partial charge in [0.2, 0.25) is 5.91 Å². The molecule has 1 amide bonds. The molecule has 1 N–H and O–H groups in total. The minimum atomic E-state index is -0.0243. The number of hydrogen-bond acceptors (Lipinski definition) is 5. The van der Waals surface area contributed by atoms with Gasteiger partial charge in [-0.1, -0.05) is 37.7 Å². The van der Waals surface area contributed by atoms with Gasteiger partial charge in [0, 0.05) is 24.3 Å². The molecule has 1 saturated heterocycles. The van der Waals surface area contributed by atoms with E-state index in [-0.39, 0.29) is 5.91 Å². The van der Waals surface area contributed by atoms with E-state index in [1.807, 2.05) is 18.2 Å². The number of aromatic nitrogens is 2. The van der Waals surface area contributed by atoms with Crippen molar-refractivity contribution in [2.24, 2.45) is 0 Å². The van der Waals surface area contributed by atoms with Crippen LogP contribution >= 0.6 is 11.8 Å². The first kappa shape index (κ1) is 19.7. The Morgan fingerprint density at radius 2 is 2.04 bits per heavy atom. The van der Waals surface area contributed by atoms with Gasteiger partial charge in [-0.05, 0) is 49.8 Å². The van der Waals surface area contributed by atoms with Crippen molar-refractivity contribution in [1.82, 2.24) is 9.97 Å². The average Bonchev–Trinajstić information content (AvgIpc) is 2.67. The molecule has 0 bridgehead atoms. The summed E-state index contributed by atoms with van der Waals surface area (Å²) in [6.07, 6.45) is 5.28. The third kappa shape index (κ3) is 5.45. The summed E-state index contributed by atoms with van der Waals surface area (Å²) in [6.45, 7) is 7.59. The fourth-order valence-corrected chi connectivity index (χ4v) is 3.95. The molecule has 0 aliphatic carbocycles. The largest absolute Gasteiger partial charge is 0.354 e. The van der Waals surface area contributed by atoms with Crippen molar-refractivity contribution >= 4 is 29.2 Å². The molecule has 0 saturated carbocycles. The van der Waals surface area contributed by atoms with Gasteiger partial charge in [0.05, 0.1) is 5.75 Å². The van der Waals surface area contributed by atoms with Crippen molar-refractivity contribution in [2.45, 2.75) is 57.0 Å². The van der Waals surface area contributed by atoms with Crippen LogP contribution in [0.5, 0.6) is 0 Å². The lowest BCUT2D eigenvalue weighted by Crippen LogP contribution is -2.38. The second-order valence-electron chi connectivity index (χ2n) is 7.37. The van der Waals surface area contributed by atoms with Crippen LogP contribution in [0.25, 0.3) is 0 Å². The molecular weight excluding hydrogens is 356 g/mol. The van der Waals surface area contributed by atoms with Gasteiger partial charge in [0.1, 0.15) is 17.2 Å². The summed E-state index contributed by atoms with van der Waals surface area (Å²) in [5.41, 5.74) is 2.10. The van der Waals surface area contributed by atoms with Crippen molar-refractivity contribution in [2.75, 3.05) is 22.5 Å². The van der Waals surface area contributed by atoms with Crippen molar-refractivity contribution < 1.29 is 4.79 Å². The zero-order valence-electron chi connectivity index (χ0n) is 16.3. The second-order valence-corrected chi connectivity index (χ2v) is 8.36. The molecule has 1 unspecified atom stereocenters. The highest BCUT2D eigenvalue weighted by atomic mass is 32.2. The van der Waals surface area contributed by atoms with E-state index in [0.29, 0.717) is 17.7 Å². The van der Waals surface area contributed by atoms with Crippen LogP contribution in [-0.2, 0) is 4.79 Å². The number of thioether (sulfide) groups is 1. The lowest BCUT2D eigenvalue weighted by molar-refractivity contribution is -0.113. The Balaban J connectivity index is 1.55. The van der Waals surface area contributed by atoms with Crippen LogP contribution in [0.4, 0.5) is 11.5 Å². The molecule has 27 heavy (non-hydrogen) atoms. The first-order valence-corrected chi connectivity index (χ1v) is 10.6. The van der Waals surface area contributed by atoms with Crippen LogP contribution in [0.2, 0.25) is 0 Å². The molecule has 3 rings (SSSR count). The molecule has 0 radical (unpaired) electrons. The van der Waals surface area contributed by atoms with Gasteiger partial charge in [-0.25, -0.2) is 9.97 Å². The SMILES string of the molecule is CC(C)c1ccc(NC(=O)CSc2cc(N3CCCCC3C)ncn2)cc1. The van der Waals surface area contributed by atoms with E-state index in [9.17, 15) is 4.79 Å². The predicted molar refractivity (Wildman–Crippen MR) is 113 cm³/mol. The number of carbonyl (C=O) groups is 1. The molecular formula is C21H28N4OS. The number of piperidine rings is 1. The van der Waals surface area contributed by atoms with Crippen molar-refractivity contribution in [3.8, 4) is 0 Å². The Kier molecular flexibility index (Phi) is 6.72. The lowest BCUT2D eigenvalue weighted by Gasteiger charge is -2.34. The average molecular weight is 385 g/mol. The number of anilines is 2. The number of amides is 1. The second kappa shape index (κ2) is 9.22. The monoisotopic (exact) mass is 384 g/mol. The zero-order chi connectivity index (χ0) is 19.2. The highest BCUT2D eigenvalue weighted by molar-refractivity contribution is 7.99. The molecule has 1 atom stereocenters. The minimum absolute atomic E-state index is 0.0243. The number of nitrogens with one attached hydrogen (secondary N) is 1. The van der Waals surface area contributed by atoms with E-state index >= 15 is 0 Å². The van der Waals surface area contributed by atoms with E-state index < -0.39 is 0 Å². The third-order valence-electron chi connectivity index (χ3n) is 4.94. The van der Waals surface area contributed by atoms with Gasteiger partial charge in [-0.15, -0.1) is 0 Å². The van der Waals surface area contributed by atoms with Gasteiger partial charge in [0.15, 0.2) is 0 Å². The smallest absolute Gasteiger partial charge is 0.234 e. The molecule has 1 fully saturated rings. The molecule has 5 nitrogen and oxygen atoms in total. The number of hydrogen-bond donors (Lipinski definition) is 1. The molecule has 1 aromatic carbocycles. The number of carbonyl (C=O) groups excluding carboxylic acids is 1. The Morgan fingerprint density at radius 3 is 2.74 bits per heavy atom. The quantitative estimate of drug-likeness (QED) is 0.577. The van der Waals surface area contributed by atoms with E-state index in [4.69, 9.17) is 0 Å². The summed E-state index contributed by atoms with van der Waals surface area (Å²) in [6, 6.07) is 10.5. The Labute approximate surface area is 166 Å². The summed E-state index contributed by atoms with van der Waals surface area (Å²) in [7, 11) is 0. The first-order valence-electron chi connectivity index (χ1n) is 9.64. The Bertz CT molecular complexity index is 763. The molecule has 1 aliphatic rings. The summed E-state index contributed by atoms with van der Waals surface area (Å²) in [4.78, 5) is 23.3. The maximum Gasteiger partial charge on any atom is 0.234 e. The van der Waals surface area contributed by atoms with Gasteiger partial charge in [-0.2, -0.15) is 0 Å². The van der Waals surface area contributed by atoms with E-state index in [2.05, 4.69) is 53.1 Å². The van der Waals surface area contributed by atoms with Crippen LogP contribution in [-0.4, -0.2) is 34.2 Å². The standard InChI is InChI=1S/C21H28N4OS/c1-15(2)17-7-9-18(10-8-17)24-20(26)13-27-21-12-19(22-14-23-21)25-11-5-4-6-16(25)3/h7-10,12,14-16H,4-6,11,13H2,1-3H3,(H,24,26). The fourth-order valence-electron chi connectivity index (χ4n) is 3.29. The first-order chi connectivity index (χ1) is 13.0. The van der Waals surface area contributed by atoms with Crippen molar-refractivity contribution in [3.63, 3.8) is 0 Å². The predicted octanol–water partition coefficient (Wildman–Crippen LogP) is 4.71. The van der Waals surface area contributed by atoms with Gasteiger partial charge in [-0.3, -0.25) is 4.79 Å². The fraction of sp³-hybridized carbons (Fsp3) is 0.476. The van der Waals surface area contributed by atoms with E-state index in [0.717, 1.165) is 23.1 Å². The van der Waals surface area contributed by atoms with Crippen LogP contribution in [0.15, 0.2) is 41.7 Å². The Hall–Kier alpha value is -2.08. The van der Waals surface area contributed by atoms with Gasteiger partial charge in [0.25, 0.3) is 0 Å². The van der Waals surface area contributed by atoms with Crippen molar-refractivity contribution in [3.05, 3.63) is 42.2 Å². The maximum atomic E-state index is 12.3. The number of nitrogens with zero attached hydrogens (tertiary/aromatic N) is 3. The number of benzene rings is 1. The molecule has 1 aliphatic heterocycles. The molecule has 2 aromatic rings. The van der Waals surface area contributed by atoms with Crippen LogP contribution in [0.1, 0.15) is 51.5 Å². The molecule has 144 valence electrons. The van der Waals surface area contributed by atoms with Crippen LogP contribution < -0.4 is 10.2 Å². The van der Waals surface area contributed by atoms with Crippen molar-refractivity contribution in [1.29, 1.82) is 0 Å². The minimum Gasteiger partial charge on any atom is -0.354 e. The topological polar surface area (TPSA) is 58.1 Å². The van der Waals surface area contributed by atoms with Gasteiger partial charge >= 0.3 is 0 Å². The maximum absolute atomic E-state index is 12.3. The highest BCUT2D eigenvalue weighted by Crippen LogP contribution is 2.25. The normalized spacial score (nSPS) is 17.2. The van der Waals surface area contributed by atoms with Gasteiger partial charge < -0.3 is 10.2 Å². The number of rotatable bonds is 6. The summed E-state index contributed by atoms with van der Waals surface area (Å²) in [5, 5.41) is 3.79. The van der Waals surface area contributed by atoms with E-state index in [1.165, 1.54) is 36.6 Å². The summed E-state index contributed by atoms with van der Waals surface area (Å²) >= 11 is 1.45. The lowest BCUT2D eigenvalue weighted by atomic mass is 10.0. The Morgan fingerprint density at radius 1 is 1.26 bits per heavy atom. The molecule has 0 spiro atoms. The van der Waals surface area contributed by atoms with Crippen LogP contribution in [0, 0.1) is 0 Å². The highest BCUT2D eigenvalue weighted by Gasteiger charge is 2.20. The molecule has 6 heteroatoms. The summed E-state index contributed by atoms with van der Waals surface area (Å²) in [5.74, 6) is 1.76. The van der Waals surface area contributed by atoms with E-state index in [1.54, 1.807) is 6.33 Å². The summed E-state index contributed by atoms with van der Waals surface area (Å²) < 4.78 is 0.